The van der Waals surface area contributed by atoms with Crippen LogP contribution in [0.25, 0.3) is 11.2 Å². The molecule has 2 fully saturated rings. The number of nitrogens with zero attached hydrogens (tertiary/aromatic N) is 3. The van der Waals surface area contributed by atoms with Crippen molar-refractivity contribution in [2.24, 2.45) is 0 Å². The number of anilines is 1. The first-order valence-corrected chi connectivity index (χ1v) is 11.8. The number of rotatable bonds is 3. The number of nitrogen functional groups attached to an aromatic ring is 1. The second-order valence-corrected chi connectivity index (χ2v) is 10.0. The molecule has 0 spiro atoms. The minimum atomic E-state index is -3.56. The van der Waals surface area contributed by atoms with Gasteiger partial charge in [0.15, 0.2) is 28.7 Å². The van der Waals surface area contributed by atoms with E-state index >= 15 is 0 Å². The zero-order valence-corrected chi connectivity index (χ0v) is 18.0. The van der Waals surface area contributed by atoms with E-state index in [0.717, 1.165) is 4.90 Å². The third-order valence-electron chi connectivity index (χ3n) is 4.82. The summed E-state index contributed by atoms with van der Waals surface area (Å²) in [5.74, 6) is -0.117. The van der Waals surface area contributed by atoms with Gasteiger partial charge in [-0.25, -0.2) is 9.88 Å². The number of hydrogen-bond acceptors (Lipinski definition) is 10. The number of nitrogens with one attached hydrogen (secondary N) is 1. The number of benzene rings is 1. The predicted molar refractivity (Wildman–Crippen MR) is 114 cm³/mol. The summed E-state index contributed by atoms with van der Waals surface area (Å²) in [5.41, 5.74) is 5.35. The molecule has 160 valence electrons. The van der Waals surface area contributed by atoms with Crippen LogP contribution in [0.4, 0.5) is 5.95 Å². The van der Waals surface area contributed by atoms with Crippen molar-refractivity contribution in [3.8, 4) is 0 Å². The minimum Gasteiger partial charge on any atom is -0.385 e. The number of ether oxygens (including phenoxy) is 1. The monoisotopic (exact) mass is 482 g/mol. The third-order valence-corrected chi connectivity index (χ3v) is 7.11. The van der Waals surface area contributed by atoms with Crippen molar-refractivity contribution in [1.82, 2.24) is 19.5 Å². The number of fused-ring (bicyclic) bond motifs is 2. The van der Waals surface area contributed by atoms with Crippen LogP contribution >= 0.6 is 31.2 Å². The van der Waals surface area contributed by atoms with Crippen LogP contribution in [0, 0.1) is 0 Å². The fourth-order valence-corrected chi connectivity index (χ4v) is 5.54. The summed E-state index contributed by atoms with van der Waals surface area (Å²) in [6.45, 7) is -0.0680. The molecule has 5 atom stereocenters. The van der Waals surface area contributed by atoms with E-state index in [4.69, 9.17) is 38.7 Å². The van der Waals surface area contributed by atoms with Crippen LogP contribution in [-0.2, 0) is 13.8 Å². The van der Waals surface area contributed by atoms with E-state index in [1.807, 2.05) is 0 Å². The number of H-pyrrole nitrogens is 1. The average molecular weight is 483 g/mol. The highest BCUT2D eigenvalue weighted by atomic mass is 35.5. The molecule has 0 aliphatic carbocycles. The van der Waals surface area contributed by atoms with Crippen LogP contribution in [0.1, 0.15) is 6.23 Å². The van der Waals surface area contributed by atoms with Gasteiger partial charge in [-0.2, -0.15) is 14.0 Å². The Morgan fingerprint density at radius 3 is 2.84 bits per heavy atom. The minimum absolute atomic E-state index is 0.0244. The van der Waals surface area contributed by atoms with Crippen LogP contribution in [0.15, 0.2) is 39.1 Å². The van der Waals surface area contributed by atoms with Crippen molar-refractivity contribution in [1.29, 1.82) is 0 Å². The van der Waals surface area contributed by atoms with Gasteiger partial charge in [0.1, 0.15) is 18.8 Å². The summed E-state index contributed by atoms with van der Waals surface area (Å²) in [4.78, 5) is 34.1. The Bertz CT molecular complexity index is 1210. The van der Waals surface area contributed by atoms with Crippen molar-refractivity contribution < 1.29 is 23.8 Å². The fraction of sp³-hybridized carbons (Fsp3) is 0.312. The van der Waals surface area contributed by atoms with Crippen LogP contribution in [0.3, 0.4) is 0 Å². The van der Waals surface area contributed by atoms with E-state index in [9.17, 15) is 14.8 Å². The lowest BCUT2D eigenvalue weighted by molar-refractivity contribution is -0.0628. The van der Waals surface area contributed by atoms with Crippen molar-refractivity contribution in [3.63, 3.8) is 0 Å². The van der Waals surface area contributed by atoms with E-state index in [-0.39, 0.29) is 23.7 Å². The largest absolute Gasteiger partial charge is 0.488 e. The van der Waals surface area contributed by atoms with Crippen LogP contribution in [0.2, 0.25) is 5.02 Å². The molecular formula is C16H15BClN5O6PS+. The normalized spacial score (nSPS) is 30.5. The Hall–Kier alpha value is -1.70. The van der Waals surface area contributed by atoms with Gasteiger partial charge in [-0.15, -0.1) is 0 Å². The number of nitrogens with two attached hydrogens (primary N) is 1. The number of aromatic amines is 1. The number of hydrogen-bond donors (Lipinski definition) is 4. The Morgan fingerprint density at radius 1 is 1.35 bits per heavy atom. The first-order chi connectivity index (χ1) is 14.7. The lowest BCUT2D eigenvalue weighted by Gasteiger charge is -2.27. The van der Waals surface area contributed by atoms with Crippen molar-refractivity contribution >= 4 is 55.9 Å². The molecule has 2 aromatic heterocycles. The number of aromatic nitrogens is 4. The number of aliphatic hydroxyl groups is 1. The maximum absolute atomic E-state index is 12.4. The number of imidazole rings is 1. The molecule has 0 amide bonds. The van der Waals surface area contributed by atoms with Crippen molar-refractivity contribution in [2.75, 3.05) is 12.3 Å². The van der Waals surface area contributed by atoms with Gasteiger partial charge in [-0.3, -0.25) is 14.3 Å². The van der Waals surface area contributed by atoms with Crippen LogP contribution < -0.4 is 11.3 Å². The molecule has 2 radical (unpaired) electrons. The summed E-state index contributed by atoms with van der Waals surface area (Å²) in [7, 11) is 2.03. The number of aliphatic hydroxyl groups excluding tert-OH is 1. The van der Waals surface area contributed by atoms with Crippen LogP contribution in [-0.4, -0.2) is 62.0 Å². The van der Waals surface area contributed by atoms with E-state index in [1.54, 1.807) is 24.3 Å². The van der Waals surface area contributed by atoms with Gasteiger partial charge >= 0.3 is 15.4 Å². The van der Waals surface area contributed by atoms with E-state index in [0.29, 0.717) is 10.2 Å². The summed E-state index contributed by atoms with van der Waals surface area (Å²) < 4.78 is 17.9. The second-order valence-electron chi connectivity index (χ2n) is 6.93. The highest BCUT2D eigenvalue weighted by molar-refractivity contribution is 7.99. The quantitative estimate of drug-likeness (QED) is 0.314. The lowest BCUT2D eigenvalue weighted by atomic mass is 10.1. The summed E-state index contributed by atoms with van der Waals surface area (Å²) in [5, 5.41) is 11.8. The zero-order chi connectivity index (χ0) is 21.9. The average Bonchev–Trinajstić information content (AvgIpc) is 3.20. The topological polar surface area (TPSA) is 158 Å². The first-order valence-electron chi connectivity index (χ1n) is 9.00. The maximum Gasteiger partial charge on any atom is 0.488 e. The molecule has 5 N–H and O–H groups in total. The smallest absolute Gasteiger partial charge is 0.385 e. The molecule has 5 rings (SSSR count). The summed E-state index contributed by atoms with van der Waals surface area (Å²) in [6.07, 6.45) is -3.94. The lowest BCUT2D eigenvalue weighted by Crippen LogP contribution is -2.40. The Labute approximate surface area is 185 Å². The Morgan fingerprint density at radius 2 is 2.10 bits per heavy atom. The van der Waals surface area contributed by atoms with Gasteiger partial charge in [-0.1, -0.05) is 23.4 Å². The maximum atomic E-state index is 12.4. The molecule has 1 aromatic carbocycles. The number of halogens is 1. The first kappa shape index (κ1) is 21.2. The summed E-state index contributed by atoms with van der Waals surface area (Å²) >= 11 is 7.17. The van der Waals surface area contributed by atoms with Gasteiger partial charge < -0.3 is 15.6 Å². The predicted octanol–water partition coefficient (Wildman–Crippen LogP) is 1.02. The standard InChI is InChI=1S/C16H15BClN5O6PS/c17-30(26)27-5-8-11(29-30)10(24)14(28-8)23-12-9(13(25)22-15(19)21-12)20-16(23)31-7-3-1-6(18)2-4-7/h1-4,8,10-11,14,24,26H,5H2,(H3,19,21,22,25)/q+1/t8-,10?,11+,14-,30?/m1/s1. The molecule has 31 heavy (non-hydrogen) atoms. The Kier molecular flexibility index (Phi) is 5.27. The third kappa shape index (κ3) is 3.85. The molecule has 2 saturated heterocycles. The highest BCUT2D eigenvalue weighted by Crippen LogP contribution is 2.58. The van der Waals surface area contributed by atoms with E-state index in [1.165, 1.54) is 16.3 Å². The van der Waals surface area contributed by atoms with Gasteiger partial charge in [0.2, 0.25) is 5.95 Å². The molecule has 2 aliphatic rings. The Balaban J connectivity index is 1.61. The molecular weight excluding hydrogens is 468 g/mol. The van der Waals surface area contributed by atoms with Gasteiger partial charge in [0.25, 0.3) is 5.56 Å². The van der Waals surface area contributed by atoms with Crippen molar-refractivity contribution in [3.05, 3.63) is 39.6 Å². The zero-order valence-electron chi connectivity index (χ0n) is 15.6. The van der Waals surface area contributed by atoms with Crippen LogP contribution in [0.5, 0.6) is 0 Å². The van der Waals surface area contributed by atoms with E-state index in [2.05, 4.69) is 15.0 Å². The fourth-order valence-electron chi connectivity index (χ4n) is 3.47. The van der Waals surface area contributed by atoms with Crippen molar-refractivity contribution in [2.45, 2.75) is 34.6 Å². The highest BCUT2D eigenvalue weighted by Gasteiger charge is 2.57. The molecule has 11 nitrogen and oxygen atoms in total. The molecule has 15 heteroatoms. The molecule has 0 bridgehead atoms. The van der Waals surface area contributed by atoms with Gasteiger partial charge in [-0.05, 0) is 24.3 Å². The SMILES string of the molecule is [B][P+]1(O)OC[C@H]2O[C@@H](n3c(Sc4ccc(Cl)cc4)nc4c(=O)[nH]c(N)nc43)C(O)[C@H]2O1. The molecule has 0 saturated carbocycles. The van der Waals surface area contributed by atoms with E-state index < -0.39 is 37.9 Å². The molecule has 3 aromatic rings. The molecule has 2 aliphatic heterocycles. The molecule has 4 heterocycles. The van der Waals surface area contributed by atoms with Gasteiger partial charge in [0.05, 0.1) is 0 Å². The molecule has 2 unspecified atom stereocenters. The summed E-state index contributed by atoms with van der Waals surface area (Å²) in [6, 6.07) is 6.99. The second kappa shape index (κ2) is 7.71. The van der Waals surface area contributed by atoms with Gasteiger partial charge in [0, 0.05) is 9.92 Å².